The molecule has 1 aliphatic heterocycles. The van der Waals surface area contributed by atoms with Gasteiger partial charge in [-0.3, -0.25) is 9.59 Å². The Labute approximate surface area is 144 Å². The Hall–Kier alpha value is -3.03. The molecule has 2 heterocycles. The number of hydrogen-bond acceptors (Lipinski definition) is 6. The topological polar surface area (TPSA) is 116 Å². The molecule has 1 aliphatic rings. The second kappa shape index (κ2) is 6.84. The summed E-state index contributed by atoms with van der Waals surface area (Å²) in [5, 5.41) is 25.6. The maximum absolute atomic E-state index is 12.5. The Morgan fingerprint density at radius 2 is 1.80 bits per heavy atom. The molecule has 1 saturated heterocycles. The molecule has 1 aromatic carbocycles. The highest BCUT2D eigenvalue weighted by Crippen LogP contribution is 2.23. The van der Waals surface area contributed by atoms with Crippen molar-refractivity contribution in [1.82, 2.24) is 15.4 Å². The fraction of sp³-hybridized carbons (Fsp3) is 0.353. The molecule has 0 saturated carbocycles. The maximum Gasteiger partial charge on any atom is 0.273 e. The molecule has 132 valence electrons. The normalized spacial score (nSPS) is 15.2. The van der Waals surface area contributed by atoms with Gasteiger partial charge in [0.2, 0.25) is 0 Å². The third-order valence-electron chi connectivity index (χ3n) is 4.13. The summed E-state index contributed by atoms with van der Waals surface area (Å²) in [6.07, 6.45) is 1.22. The lowest BCUT2D eigenvalue weighted by molar-refractivity contribution is 0.0696. The summed E-state index contributed by atoms with van der Waals surface area (Å²) in [6, 6.07) is 5.34. The number of aromatic hydroxyl groups is 2. The number of phenols is 2. The second-order valence-corrected chi connectivity index (χ2v) is 6.10. The Kier molecular flexibility index (Phi) is 4.60. The molecule has 8 heteroatoms. The molecule has 2 aromatic rings. The van der Waals surface area contributed by atoms with Crippen LogP contribution in [0.25, 0.3) is 0 Å². The number of nitrogens with zero attached hydrogens (tertiary/aromatic N) is 2. The van der Waals surface area contributed by atoms with Gasteiger partial charge in [0.05, 0.1) is 0 Å². The minimum absolute atomic E-state index is 0.0499. The molecule has 0 radical (unpaired) electrons. The summed E-state index contributed by atoms with van der Waals surface area (Å²) in [7, 11) is 0. The van der Waals surface area contributed by atoms with Crippen LogP contribution in [0.2, 0.25) is 0 Å². The number of rotatable bonds is 3. The maximum atomic E-state index is 12.5. The molecule has 0 bridgehead atoms. The first kappa shape index (κ1) is 16.8. The van der Waals surface area contributed by atoms with Gasteiger partial charge < -0.3 is 25.0 Å². The Bertz CT molecular complexity index is 773. The first-order valence-electron chi connectivity index (χ1n) is 7.99. The molecule has 3 rings (SSSR count). The van der Waals surface area contributed by atoms with E-state index in [1.807, 2.05) is 0 Å². The van der Waals surface area contributed by atoms with Gasteiger partial charge in [-0.15, -0.1) is 0 Å². The summed E-state index contributed by atoms with van der Waals surface area (Å²) >= 11 is 0. The summed E-state index contributed by atoms with van der Waals surface area (Å²) in [5.41, 5.74) is 0.476. The predicted molar refractivity (Wildman–Crippen MR) is 87.4 cm³/mol. The minimum Gasteiger partial charge on any atom is -0.508 e. The van der Waals surface area contributed by atoms with Crippen LogP contribution < -0.4 is 5.32 Å². The number of benzene rings is 1. The van der Waals surface area contributed by atoms with Gasteiger partial charge in [0.25, 0.3) is 11.8 Å². The highest BCUT2D eigenvalue weighted by molar-refractivity contribution is 5.95. The van der Waals surface area contributed by atoms with E-state index < -0.39 is 0 Å². The van der Waals surface area contributed by atoms with Gasteiger partial charge in [-0.1, -0.05) is 5.16 Å². The van der Waals surface area contributed by atoms with E-state index in [-0.39, 0.29) is 40.6 Å². The van der Waals surface area contributed by atoms with Crippen molar-refractivity contribution in [3.05, 3.63) is 41.3 Å². The minimum atomic E-state index is -0.292. The van der Waals surface area contributed by atoms with Gasteiger partial charge in [-0.25, -0.2) is 0 Å². The summed E-state index contributed by atoms with van der Waals surface area (Å²) < 4.78 is 4.89. The van der Waals surface area contributed by atoms with Crippen LogP contribution in [0, 0.1) is 6.92 Å². The van der Waals surface area contributed by atoms with Gasteiger partial charge in [0.1, 0.15) is 17.3 Å². The number of carbonyl (C=O) groups is 2. The average Bonchev–Trinajstić information content (AvgIpc) is 3.00. The zero-order valence-corrected chi connectivity index (χ0v) is 13.7. The molecule has 1 fully saturated rings. The van der Waals surface area contributed by atoms with Crippen molar-refractivity contribution in [2.75, 3.05) is 13.1 Å². The van der Waals surface area contributed by atoms with Crippen LogP contribution in [-0.2, 0) is 0 Å². The van der Waals surface area contributed by atoms with Crippen LogP contribution >= 0.6 is 0 Å². The van der Waals surface area contributed by atoms with Crippen molar-refractivity contribution in [3.8, 4) is 11.5 Å². The number of carbonyl (C=O) groups excluding carboxylic acids is 2. The molecule has 0 aliphatic carbocycles. The molecule has 2 amide bonds. The van der Waals surface area contributed by atoms with Crippen molar-refractivity contribution in [2.45, 2.75) is 25.8 Å². The summed E-state index contributed by atoms with van der Waals surface area (Å²) in [5.74, 6) is -0.302. The SMILES string of the molecule is Cc1cc(C(=O)NC2CCN(C(=O)c3cc(O)cc(O)c3)CC2)no1. The lowest BCUT2D eigenvalue weighted by Gasteiger charge is -2.32. The number of nitrogens with one attached hydrogen (secondary N) is 1. The lowest BCUT2D eigenvalue weighted by atomic mass is 10.0. The Morgan fingerprint density at radius 3 is 2.36 bits per heavy atom. The first-order valence-corrected chi connectivity index (χ1v) is 7.99. The smallest absolute Gasteiger partial charge is 0.273 e. The molecule has 1 aromatic heterocycles. The lowest BCUT2D eigenvalue weighted by Crippen LogP contribution is -2.46. The number of hydrogen-bond donors (Lipinski definition) is 3. The van der Waals surface area contributed by atoms with E-state index >= 15 is 0 Å². The zero-order valence-electron chi connectivity index (χ0n) is 13.7. The van der Waals surface area contributed by atoms with Gasteiger partial charge >= 0.3 is 0 Å². The number of piperidine rings is 1. The van der Waals surface area contributed by atoms with E-state index in [1.54, 1.807) is 17.9 Å². The third kappa shape index (κ3) is 3.90. The molecule has 0 unspecified atom stereocenters. The van der Waals surface area contributed by atoms with Crippen molar-refractivity contribution in [2.24, 2.45) is 0 Å². The standard InChI is InChI=1S/C17H19N3O5/c1-10-6-15(19-25-10)16(23)18-12-2-4-20(5-3-12)17(24)11-7-13(21)9-14(22)8-11/h6-9,12,21-22H,2-5H2,1H3,(H,18,23). The van der Waals surface area contributed by atoms with Crippen molar-refractivity contribution < 1.29 is 24.3 Å². The van der Waals surface area contributed by atoms with Gasteiger partial charge in [-0.2, -0.15) is 0 Å². The van der Waals surface area contributed by atoms with Crippen molar-refractivity contribution >= 4 is 11.8 Å². The van der Waals surface area contributed by atoms with Crippen LogP contribution in [0.3, 0.4) is 0 Å². The number of aryl methyl sites for hydroxylation is 1. The fourth-order valence-electron chi connectivity index (χ4n) is 2.86. The number of amides is 2. The van der Waals surface area contributed by atoms with Gasteiger partial charge in [0.15, 0.2) is 5.69 Å². The third-order valence-corrected chi connectivity index (χ3v) is 4.13. The van der Waals surface area contributed by atoms with Gasteiger partial charge in [0, 0.05) is 36.8 Å². The quantitative estimate of drug-likeness (QED) is 0.775. The highest BCUT2D eigenvalue weighted by Gasteiger charge is 2.26. The van der Waals surface area contributed by atoms with E-state index in [9.17, 15) is 19.8 Å². The average molecular weight is 345 g/mol. The van der Waals surface area contributed by atoms with E-state index in [1.165, 1.54) is 18.2 Å². The largest absolute Gasteiger partial charge is 0.508 e. The number of phenolic OH excluding ortho intramolecular Hbond substituents is 2. The molecule has 25 heavy (non-hydrogen) atoms. The molecular formula is C17H19N3O5. The number of aromatic nitrogens is 1. The van der Waals surface area contributed by atoms with Crippen LogP contribution in [0.1, 0.15) is 39.4 Å². The fourth-order valence-corrected chi connectivity index (χ4v) is 2.86. The molecule has 3 N–H and O–H groups in total. The van der Waals surface area contributed by atoms with E-state index in [0.717, 1.165) is 0 Å². The summed E-state index contributed by atoms with van der Waals surface area (Å²) in [6.45, 7) is 2.66. The van der Waals surface area contributed by atoms with Crippen LogP contribution in [0.4, 0.5) is 0 Å². The van der Waals surface area contributed by atoms with Gasteiger partial charge in [-0.05, 0) is 31.9 Å². The van der Waals surface area contributed by atoms with Crippen LogP contribution in [-0.4, -0.2) is 51.2 Å². The molecule has 0 spiro atoms. The Balaban J connectivity index is 1.56. The van der Waals surface area contributed by atoms with E-state index in [2.05, 4.69) is 10.5 Å². The zero-order chi connectivity index (χ0) is 18.0. The highest BCUT2D eigenvalue weighted by atomic mass is 16.5. The Morgan fingerprint density at radius 1 is 1.16 bits per heavy atom. The van der Waals surface area contributed by atoms with Crippen LogP contribution in [0.15, 0.2) is 28.8 Å². The number of likely N-dealkylation sites (tertiary alicyclic amines) is 1. The van der Waals surface area contributed by atoms with Crippen molar-refractivity contribution in [3.63, 3.8) is 0 Å². The first-order chi connectivity index (χ1) is 11.9. The molecule has 8 nitrogen and oxygen atoms in total. The second-order valence-electron chi connectivity index (χ2n) is 6.10. The molecule has 0 atom stereocenters. The predicted octanol–water partition coefficient (Wildman–Crippen LogP) is 1.43. The van der Waals surface area contributed by atoms with Crippen molar-refractivity contribution in [1.29, 1.82) is 0 Å². The molecular weight excluding hydrogens is 326 g/mol. The summed E-state index contributed by atoms with van der Waals surface area (Å²) in [4.78, 5) is 26.2. The van der Waals surface area contributed by atoms with E-state index in [0.29, 0.717) is 31.7 Å². The van der Waals surface area contributed by atoms with E-state index in [4.69, 9.17) is 4.52 Å². The monoisotopic (exact) mass is 345 g/mol. The van der Waals surface area contributed by atoms with Crippen LogP contribution in [0.5, 0.6) is 11.5 Å².